The van der Waals surface area contributed by atoms with Crippen molar-refractivity contribution in [2.75, 3.05) is 0 Å². The monoisotopic (exact) mass is 1090 g/mol. The first-order chi connectivity index (χ1) is 24.3. The summed E-state index contributed by atoms with van der Waals surface area (Å²) in [6.07, 6.45) is 0. The van der Waals surface area contributed by atoms with E-state index in [1.54, 1.807) is 0 Å². The van der Waals surface area contributed by atoms with Crippen molar-refractivity contribution in [3.63, 3.8) is 0 Å². The summed E-state index contributed by atoms with van der Waals surface area (Å²) < 4.78 is 0. The van der Waals surface area contributed by atoms with Gasteiger partial charge in [-0.3, -0.25) is 0 Å². The van der Waals surface area contributed by atoms with E-state index in [1.165, 1.54) is 22.3 Å². The summed E-state index contributed by atoms with van der Waals surface area (Å²) in [6.45, 7) is 26.6. The molecule has 55 heavy (non-hydrogen) atoms. The SMILES string of the molecule is CC(C)(C)c1c[c-]c(-c2cccc(-c3[c-]cc(C(C)(C)C)cc3)n2)cc1.CC(C)(C)c1c[c-]c(-c2cccc(-c3[c-]cc(C(C)(C)C)cc3)n2)cc1.[Au+3].[Au+3].[O-2]. The minimum Gasteiger partial charge on any atom is -2.00 e. The molecule has 6 aromatic rings. The van der Waals surface area contributed by atoms with Crippen molar-refractivity contribution in [2.45, 2.75) is 105 Å². The molecule has 0 fully saturated rings. The Kier molecular flexibility index (Phi) is 16.7. The van der Waals surface area contributed by atoms with Gasteiger partial charge in [-0.05, 0) is 44.4 Å². The van der Waals surface area contributed by atoms with Crippen LogP contribution >= 0.6 is 0 Å². The quantitative estimate of drug-likeness (QED) is 0.130. The topological polar surface area (TPSA) is 54.3 Å². The van der Waals surface area contributed by atoms with Crippen molar-refractivity contribution in [3.05, 3.63) is 156 Å². The van der Waals surface area contributed by atoms with Gasteiger partial charge in [0.05, 0.1) is 0 Å². The molecular weight excluding hydrogens is 1040 g/mol. The zero-order valence-electron chi connectivity index (χ0n) is 34.3. The summed E-state index contributed by atoms with van der Waals surface area (Å²) in [6, 6.07) is 51.3. The largest absolute Gasteiger partial charge is 3.00 e. The van der Waals surface area contributed by atoms with E-state index in [0.29, 0.717) is 0 Å². The second-order valence-corrected chi connectivity index (χ2v) is 17.8. The van der Waals surface area contributed by atoms with Crippen LogP contribution in [-0.2, 0) is 71.9 Å². The molecule has 0 saturated carbocycles. The average molecular weight is 1090 g/mol. The Labute approximate surface area is 363 Å². The van der Waals surface area contributed by atoms with Crippen molar-refractivity contribution in [2.24, 2.45) is 0 Å². The van der Waals surface area contributed by atoms with E-state index in [0.717, 1.165) is 45.0 Å². The standard InChI is InChI=1S/2C25H27N.2Au.O/c2*1-24(2,3)20-14-10-18(11-15-20)22-8-7-9-23(26-22)19-12-16-21(17-13-19)25(4,5)6;;;/h2*7-10,12,14-17H,1-6H3;;;/q2*-2;2*+3;-2. The molecule has 6 rings (SSSR count). The molecule has 0 radical (unpaired) electrons. The van der Waals surface area contributed by atoms with Crippen LogP contribution in [0, 0.1) is 24.3 Å². The summed E-state index contributed by atoms with van der Waals surface area (Å²) in [5.74, 6) is 0. The Balaban J connectivity index is 0.000000360. The van der Waals surface area contributed by atoms with E-state index in [-0.39, 0.29) is 71.9 Å². The minimum atomic E-state index is 0. The van der Waals surface area contributed by atoms with Gasteiger partial charge in [-0.1, -0.05) is 119 Å². The molecule has 0 unspecified atom stereocenters. The number of hydrogen-bond donors (Lipinski definition) is 0. The van der Waals surface area contributed by atoms with Gasteiger partial charge in [-0.25, -0.2) is 0 Å². The third-order valence-corrected chi connectivity index (χ3v) is 9.32. The van der Waals surface area contributed by atoms with E-state index < -0.39 is 0 Å². The van der Waals surface area contributed by atoms with E-state index in [9.17, 15) is 0 Å². The van der Waals surface area contributed by atoms with Crippen LogP contribution in [-0.4, -0.2) is 9.97 Å². The second kappa shape index (κ2) is 19.2. The van der Waals surface area contributed by atoms with Crippen LogP contribution in [0.1, 0.15) is 105 Å². The fraction of sp³-hybridized carbons (Fsp3) is 0.320. The third kappa shape index (κ3) is 12.8. The average Bonchev–Trinajstić information content (AvgIpc) is 3.11. The summed E-state index contributed by atoms with van der Waals surface area (Å²) in [4.78, 5) is 9.67. The first kappa shape index (κ1) is 47.8. The number of rotatable bonds is 4. The number of hydrogen-bond acceptors (Lipinski definition) is 2. The zero-order valence-corrected chi connectivity index (χ0v) is 38.6. The first-order valence-corrected chi connectivity index (χ1v) is 18.3. The van der Waals surface area contributed by atoms with Gasteiger partial charge in [-0.2, -0.15) is 0 Å². The van der Waals surface area contributed by atoms with Crippen LogP contribution < -0.4 is 0 Å². The maximum absolute atomic E-state index is 4.83. The molecule has 3 nitrogen and oxygen atoms in total. The van der Waals surface area contributed by atoms with Crippen molar-refractivity contribution >= 4 is 0 Å². The summed E-state index contributed by atoms with van der Waals surface area (Å²) in [5.41, 5.74) is 13.5. The van der Waals surface area contributed by atoms with Crippen LogP contribution in [0.4, 0.5) is 0 Å². The third-order valence-electron chi connectivity index (χ3n) is 9.32. The number of pyridine rings is 2. The maximum Gasteiger partial charge on any atom is 3.00 e. The summed E-state index contributed by atoms with van der Waals surface area (Å²) >= 11 is 0. The molecule has 5 heteroatoms. The van der Waals surface area contributed by atoms with Crippen LogP contribution in [0.15, 0.2) is 109 Å². The molecule has 0 atom stereocenters. The zero-order chi connectivity index (χ0) is 37.9. The fourth-order valence-corrected chi connectivity index (χ4v) is 5.67. The van der Waals surface area contributed by atoms with E-state index >= 15 is 0 Å². The smallest absolute Gasteiger partial charge is 2.00 e. The Morgan fingerprint density at radius 2 is 0.527 bits per heavy atom. The summed E-state index contributed by atoms with van der Waals surface area (Å²) in [7, 11) is 0. The predicted octanol–water partition coefficient (Wildman–Crippen LogP) is 13.1. The van der Waals surface area contributed by atoms with Gasteiger partial charge >= 0.3 is 44.8 Å². The van der Waals surface area contributed by atoms with Gasteiger partial charge in [0.2, 0.25) is 0 Å². The molecule has 0 spiro atoms. The van der Waals surface area contributed by atoms with Crippen molar-refractivity contribution in [1.29, 1.82) is 0 Å². The van der Waals surface area contributed by atoms with E-state index in [4.69, 9.17) is 9.97 Å². The van der Waals surface area contributed by atoms with Gasteiger partial charge in [0.1, 0.15) is 0 Å². The first-order valence-electron chi connectivity index (χ1n) is 18.3. The van der Waals surface area contributed by atoms with Gasteiger partial charge in [-0.15, -0.1) is 142 Å². The maximum atomic E-state index is 4.83. The molecule has 4 aromatic carbocycles. The van der Waals surface area contributed by atoms with Gasteiger partial charge < -0.3 is 15.4 Å². The van der Waals surface area contributed by atoms with Crippen molar-refractivity contribution < 1.29 is 50.2 Å². The van der Waals surface area contributed by atoms with Crippen molar-refractivity contribution in [3.8, 4) is 45.0 Å². The molecule has 0 amide bonds. The van der Waals surface area contributed by atoms with E-state index in [2.05, 4.69) is 192 Å². The molecule has 2 aromatic heterocycles. The van der Waals surface area contributed by atoms with Gasteiger partial charge in [0.15, 0.2) is 0 Å². The van der Waals surface area contributed by atoms with Gasteiger partial charge in [0.25, 0.3) is 0 Å². The van der Waals surface area contributed by atoms with Crippen LogP contribution in [0.3, 0.4) is 0 Å². The Bertz CT molecular complexity index is 1770. The van der Waals surface area contributed by atoms with Gasteiger partial charge in [0, 0.05) is 0 Å². The predicted molar refractivity (Wildman–Crippen MR) is 221 cm³/mol. The molecule has 2 heterocycles. The Morgan fingerprint density at radius 1 is 0.327 bits per heavy atom. The second-order valence-electron chi connectivity index (χ2n) is 17.8. The molecule has 0 aliphatic heterocycles. The fourth-order valence-electron chi connectivity index (χ4n) is 5.67. The molecule has 0 saturated heterocycles. The molecule has 292 valence electrons. The van der Waals surface area contributed by atoms with Crippen LogP contribution in [0.2, 0.25) is 0 Å². The Morgan fingerprint density at radius 3 is 0.673 bits per heavy atom. The minimum absolute atomic E-state index is 0. The van der Waals surface area contributed by atoms with Crippen LogP contribution in [0.5, 0.6) is 0 Å². The van der Waals surface area contributed by atoms with E-state index in [1.807, 2.05) is 24.3 Å². The molecule has 0 aliphatic rings. The number of benzene rings is 4. The number of aromatic nitrogens is 2. The molecule has 0 aliphatic carbocycles. The van der Waals surface area contributed by atoms with Crippen LogP contribution in [0.25, 0.3) is 45.0 Å². The molecular formula is C50H54Au2N2O. The Hall–Kier alpha value is -3.38. The normalized spacial score (nSPS) is 11.6. The summed E-state index contributed by atoms with van der Waals surface area (Å²) in [5, 5.41) is 0. The number of nitrogens with zero attached hydrogens (tertiary/aromatic N) is 2. The van der Waals surface area contributed by atoms with Crippen molar-refractivity contribution in [1.82, 2.24) is 9.97 Å². The molecule has 0 bridgehead atoms. The molecule has 0 N–H and O–H groups in total.